The molecule has 0 aromatic heterocycles. The van der Waals surface area contributed by atoms with E-state index in [0.29, 0.717) is 25.2 Å². The normalized spacial score (nSPS) is 18.8. The third-order valence-electron chi connectivity index (χ3n) is 3.59. The van der Waals surface area contributed by atoms with Gasteiger partial charge in [-0.2, -0.15) is 0 Å². The van der Waals surface area contributed by atoms with Crippen LogP contribution in [-0.2, 0) is 10.2 Å². The fourth-order valence-electron chi connectivity index (χ4n) is 2.41. The summed E-state index contributed by atoms with van der Waals surface area (Å²) >= 11 is 0. The van der Waals surface area contributed by atoms with Crippen LogP contribution in [0.2, 0.25) is 0 Å². The number of hydrogen-bond acceptors (Lipinski definition) is 4. The molecule has 0 radical (unpaired) electrons. The summed E-state index contributed by atoms with van der Waals surface area (Å²) in [7, 11) is 1.33. The van der Waals surface area contributed by atoms with E-state index in [1.165, 1.54) is 13.2 Å². The molecule has 102 valence electrons. The zero-order valence-corrected chi connectivity index (χ0v) is 10.4. The van der Waals surface area contributed by atoms with Crippen molar-refractivity contribution < 1.29 is 28.5 Å². The molecule has 1 aromatic carbocycles. The fraction of sp³-hybridized carbons (Fsp3) is 0.462. The van der Waals surface area contributed by atoms with Gasteiger partial charge in [0.25, 0.3) is 0 Å². The first-order valence-corrected chi connectivity index (χ1v) is 6.00. The van der Waals surface area contributed by atoms with E-state index < -0.39 is 17.2 Å². The van der Waals surface area contributed by atoms with E-state index in [1.807, 2.05) is 0 Å². The van der Waals surface area contributed by atoms with Gasteiger partial charge in [-0.05, 0) is 12.8 Å². The van der Waals surface area contributed by atoms with Crippen molar-refractivity contribution in [1.82, 2.24) is 0 Å². The van der Waals surface area contributed by atoms with Crippen molar-refractivity contribution in [2.45, 2.75) is 18.3 Å². The Hall–Kier alpha value is -1.98. The highest BCUT2D eigenvalue weighted by molar-refractivity contribution is 5.87. The first kappa shape index (κ1) is 12.1. The molecule has 1 heterocycles. The first-order chi connectivity index (χ1) is 9.10. The zero-order valence-electron chi connectivity index (χ0n) is 10.4. The lowest BCUT2D eigenvalue weighted by Crippen LogP contribution is -2.25. The van der Waals surface area contributed by atoms with Crippen molar-refractivity contribution in [1.29, 1.82) is 0 Å². The monoisotopic (exact) mass is 268 g/mol. The highest BCUT2D eigenvalue weighted by Gasteiger charge is 2.56. The molecule has 1 aliphatic carbocycles. The van der Waals surface area contributed by atoms with Crippen molar-refractivity contribution >= 4 is 5.97 Å². The van der Waals surface area contributed by atoms with Crippen LogP contribution in [0.3, 0.4) is 0 Å². The van der Waals surface area contributed by atoms with Gasteiger partial charge in [-0.1, -0.05) is 0 Å². The highest BCUT2D eigenvalue weighted by Crippen LogP contribution is 2.56. The topological polar surface area (TPSA) is 65.0 Å². The largest absolute Gasteiger partial charge is 0.494 e. The second-order valence-electron chi connectivity index (χ2n) is 4.68. The van der Waals surface area contributed by atoms with Crippen molar-refractivity contribution in [3.63, 3.8) is 0 Å². The second-order valence-corrected chi connectivity index (χ2v) is 4.68. The number of methoxy groups -OCH3 is 1. The Kier molecular flexibility index (Phi) is 2.55. The predicted octanol–water partition coefficient (Wildman–Crippen LogP) is 1.72. The van der Waals surface area contributed by atoms with Crippen LogP contribution in [0.1, 0.15) is 18.4 Å². The van der Waals surface area contributed by atoms with Crippen molar-refractivity contribution in [2.75, 3.05) is 20.3 Å². The summed E-state index contributed by atoms with van der Waals surface area (Å²) in [5, 5.41) is 9.34. The third-order valence-corrected chi connectivity index (χ3v) is 3.59. The number of carbonyl (C=O) groups is 1. The molecule has 0 amide bonds. The molecule has 1 aliphatic heterocycles. The van der Waals surface area contributed by atoms with Gasteiger partial charge in [0.2, 0.25) is 0 Å². The van der Waals surface area contributed by atoms with Crippen LogP contribution in [-0.4, -0.2) is 31.4 Å². The molecule has 0 saturated heterocycles. The van der Waals surface area contributed by atoms with Crippen LogP contribution < -0.4 is 14.2 Å². The predicted molar refractivity (Wildman–Crippen MR) is 62.5 cm³/mol. The summed E-state index contributed by atoms with van der Waals surface area (Å²) in [6.45, 7) is 0.628. The average Bonchev–Trinajstić information content (AvgIpc) is 3.19. The minimum Gasteiger partial charge on any atom is -0.494 e. The molecule has 6 heteroatoms. The molecule has 1 fully saturated rings. The number of ether oxygens (including phenoxy) is 3. The quantitative estimate of drug-likeness (QED) is 0.904. The minimum atomic E-state index is -1.20. The zero-order chi connectivity index (χ0) is 13.6. The van der Waals surface area contributed by atoms with Crippen LogP contribution in [0.4, 0.5) is 4.39 Å². The molecule has 3 rings (SSSR count). The van der Waals surface area contributed by atoms with E-state index in [2.05, 4.69) is 0 Å². The minimum absolute atomic E-state index is 0.0215. The Bertz CT molecular complexity index is 550. The summed E-state index contributed by atoms with van der Waals surface area (Å²) in [6.07, 6.45) is 0.782. The number of carboxylic acid groups (broad SMARTS) is 1. The average molecular weight is 268 g/mol. The molecule has 1 saturated carbocycles. The van der Waals surface area contributed by atoms with Gasteiger partial charge in [-0.25, -0.2) is 4.39 Å². The molecule has 0 atom stereocenters. The first-order valence-electron chi connectivity index (χ1n) is 6.00. The SMILES string of the molecule is COc1cc2c(c(C3(C(=O)O)CC3)c1F)OCCO2. The molecule has 1 aromatic rings. The van der Waals surface area contributed by atoms with Gasteiger partial charge in [-0.15, -0.1) is 0 Å². The molecule has 19 heavy (non-hydrogen) atoms. The van der Waals surface area contributed by atoms with E-state index in [0.717, 1.165) is 0 Å². The Morgan fingerprint density at radius 2 is 2.11 bits per heavy atom. The van der Waals surface area contributed by atoms with E-state index in [-0.39, 0.29) is 23.7 Å². The van der Waals surface area contributed by atoms with Crippen molar-refractivity contribution in [3.8, 4) is 17.2 Å². The van der Waals surface area contributed by atoms with Crippen LogP contribution >= 0.6 is 0 Å². The van der Waals surface area contributed by atoms with Crippen LogP contribution in [0, 0.1) is 5.82 Å². The molecular weight excluding hydrogens is 255 g/mol. The van der Waals surface area contributed by atoms with Gasteiger partial charge in [0.05, 0.1) is 18.1 Å². The summed E-state index contributed by atoms with van der Waals surface area (Å²) in [5.74, 6) is -1.20. The van der Waals surface area contributed by atoms with Gasteiger partial charge in [0, 0.05) is 6.07 Å². The fourth-order valence-corrected chi connectivity index (χ4v) is 2.41. The van der Waals surface area contributed by atoms with Gasteiger partial charge >= 0.3 is 5.97 Å². The maximum atomic E-state index is 14.4. The van der Waals surface area contributed by atoms with Crippen LogP contribution in [0.15, 0.2) is 6.07 Å². The number of benzene rings is 1. The second kappa shape index (κ2) is 4.01. The molecular formula is C13H13FO5. The number of aliphatic carboxylic acids is 1. The van der Waals surface area contributed by atoms with Gasteiger partial charge in [-0.3, -0.25) is 4.79 Å². The lowest BCUT2D eigenvalue weighted by atomic mass is 9.93. The summed E-state index contributed by atoms with van der Waals surface area (Å²) in [5.41, 5.74) is -1.15. The molecule has 1 N–H and O–H groups in total. The summed E-state index contributed by atoms with van der Waals surface area (Å²) in [4.78, 5) is 11.4. The molecule has 5 nitrogen and oxygen atoms in total. The third kappa shape index (κ3) is 1.63. The van der Waals surface area contributed by atoms with Gasteiger partial charge < -0.3 is 19.3 Å². The summed E-state index contributed by atoms with van der Waals surface area (Å²) in [6, 6.07) is 1.39. The number of carboxylic acids is 1. The van der Waals surface area contributed by atoms with E-state index >= 15 is 0 Å². The van der Waals surface area contributed by atoms with Crippen LogP contribution in [0.5, 0.6) is 17.2 Å². The van der Waals surface area contributed by atoms with E-state index in [9.17, 15) is 14.3 Å². The molecule has 0 bridgehead atoms. The highest BCUT2D eigenvalue weighted by atomic mass is 19.1. The number of halogens is 1. The lowest BCUT2D eigenvalue weighted by molar-refractivity contribution is -0.140. The van der Waals surface area contributed by atoms with E-state index in [1.54, 1.807) is 0 Å². The van der Waals surface area contributed by atoms with Gasteiger partial charge in [0.1, 0.15) is 13.2 Å². The van der Waals surface area contributed by atoms with Crippen LogP contribution in [0.25, 0.3) is 0 Å². The molecule has 0 spiro atoms. The summed E-state index contributed by atoms with van der Waals surface area (Å²) < 4.78 is 30.2. The van der Waals surface area contributed by atoms with Crippen molar-refractivity contribution in [2.24, 2.45) is 0 Å². The van der Waals surface area contributed by atoms with Gasteiger partial charge in [0.15, 0.2) is 23.1 Å². The Balaban J connectivity index is 2.24. The molecule has 0 unspecified atom stereocenters. The standard InChI is InChI=1S/C13H13FO5/c1-17-7-6-8-11(19-5-4-18-8)9(10(7)14)13(2-3-13)12(15)16/h6H,2-5H2,1H3,(H,15,16). The number of rotatable bonds is 3. The van der Waals surface area contributed by atoms with E-state index in [4.69, 9.17) is 14.2 Å². The van der Waals surface area contributed by atoms with Crippen molar-refractivity contribution in [3.05, 3.63) is 17.4 Å². The smallest absolute Gasteiger partial charge is 0.314 e. The maximum Gasteiger partial charge on any atom is 0.314 e. The lowest BCUT2D eigenvalue weighted by Gasteiger charge is -2.25. The molecule has 2 aliphatic rings. The number of fused-ring (bicyclic) bond motifs is 1. The maximum absolute atomic E-state index is 14.4. The Morgan fingerprint density at radius 1 is 1.42 bits per heavy atom. The Labute approximate surface area is 108 Å². The Morgan fingerprint density at radius 3 is 2.68 bits per heavy atom. The number of hydrogen-bond donors (Lipinski definition) is 1.